The Hall–Kier alpha value is -3.44. The first-order chi connectivity index (χ1) is 17.4. The molecule has 4 nitrogen and oxygen atoms in total. The van der Waals surface area contributed by atoms with E-state index in [1.54, 1.807) is 6.20 Å². The van der Waals surface area contributed by atoms with Crippen molar-refractivity contribution < 1.29 is 24.5 Å². The summed E-state index contributed by atoms with van der Waals surface area (Å²) in [5, 5.41) is 3.47. The van der Waals surface area contributed by atoms with Gasteiger partial charge >= 0.3 is 0 Å². The number of hydrogen-bond acceptors (Lipinski definition) is 4. The minimum Gasteiger partial charge on any atom is -0.486 e. The summed E-state index contributed by atoms with van der Waals surface area (Å²) in [5.74, 6) is 0. The van der Waals surface area contributed by atoms with E-state index in [0.717, 1.165) is 44.6 Å². The van der Waals surface area contributed by atoms with Gasteiger partial charge in [-0.3, -0.25) is 0 Å². The van der Waals surface area contributed by atoms with Crippen LogP contribution < -0.4 is 5.19 Å². The summed E-state index contributed by atoms with van der Waals surface area (Å²) < 4.78 is 5.76. The molecule has 6 aromatic rings. The molecule has 0 saturated carbocycles. The van der Waals surface area contributed by atoms with Gasteiger partial charge in [0.25, 0.3) is 0 Å². The zero-order valence-corrected chi connectivity index (χ0v) is 24.6. The van der Waals surface area contributed by atoms with Crippen molar-refractivity contribution in [2.75, 3.05) is 0 Å². The van der Waals surface area contributed by atoms with Crippen molar-refractivity contribution in [3.8, 4) is 22.5 Å². The predicted molar refractivity (Wildman–Crippen MR) is 150 cm³/mol. The van der Waals surface area contributed by atoms with Crippen molar-refractivity contribution in [3.05, 3.63) is 109 Å². The number of aryl methyl sites for hydroxylation is 1. The summed E-state index contributed by atoms with van der Waals surface area (Å²) in [6.45, 7) is 8.95. The van der Waals surface area contributed by atoms with Gasteiger partial charge in [0.15, 0.2) is 0 Å². The zero-order chi connectivity index (χ0) is 25.1. The summed E-state index contributed by atoms with van der Waals surface area (Å²) in [7, 11) is -1.23. The van der Waals surface area contributed by atoms with Gasteiger partial charge in [0, 0.05) is 43.6 Å². The molecule has 0 N–H and O–H groups in total. The Bertz CT molecular complexity index is 1610. The Morgan fingerprint density at radius 1 is 0.784 bits per heavy atom. The monoisotopic (exact) mass is 678 g/mol. The van der Waals surface area contributed by atoms with E-state index in [4.69, 9.17) is 4.42 Å². The largest absolute Gasteiger partial charge is 0.486 e. The molecule has 0 fully saturated rings. The van der Waals surface area contributed by atoms with Gasteiger partial charge in [0.1, 0.15) is 0 Å². The zero-order valence-electron chi connectivity index (χ0n) is 21.2. The molecule has 4 heterocycles. The summed E-state index contributed by atoms with van der Waals surface area (Å²) in [4.78, 5) is 13.3. The topological polar surface area (TPSA) is 51.8 Å². The molecule has 0 aliphatic heterocycles. The molecule has 0 unspecified atom stereocenters. The van der Waals surface area contributed by atoms with Gasteiger partial charge in [-0.2, -0.15) is 0 Å². The third-order valence-corrected chi connectivity index (χ3v) is 7.99. The molecule has 6 heteroatoms. The maximum absolute atomic E-state index is 5.76. The van der Waals surface area contributed by atoms with Crippen LogP contribution in [0.2, 0.25) is 19.6 Å². The van der Waals surface area contributed by atoms with E-state index in [1.807, 2.05) is 73.8 Å². The van der Waals surface area contributed by atoms with Gasteiger partial charge in [0.2, 0.25) is 5.71 Å². The fourth-order valence-corrected chi connectivity index (χ4v) is 4.95. The van der Waals surface area contributed by atoms with E-state index in [9.17, 15) is 0 Å². The van der Waals surface area contributed by atoms with Crippen LogP contribution >= 0.6 is 0 Å². The van der Waals surface area contributed by atoms with Crippen molar-refractivity contribution in [2.45, 2.75) is 26.6 Å². The molecular formula is C31H27IrN3OSi-2. The Morgan fingerprint density at radius 3 is 2.27 bits per heavy atom. The minimum absolute atomic E-state index is 0. The number of fused-ring (bicyclic) bond motifs is 3. The predicted octanol–water partition coefficient (Wildman–Crippen LogP) is 7.24. The van der Waals surface area contributed by atoms with Crippen molar-refractivity contribution in [1.82, 2.24) is 15.0 Å². The molecule has 0 aliphatic rings. The molecule has 0 saturated heterocycles. The molecule has 4 aromatic heterocycles. The van der Waals surface area contributed by atoms with Gasteiger partial charge in [-0.15, -0.1) is 59.7 Å². The summed E-state index contributed by atoms with van der Waals surface area (Å²) in [6, 6.07) is 32.5. The van der Waals surface area contributed by atoms with Crippen LogP contribution in [0.15, 0.2) is 95.7 Å². The number of pyridine rings is 3. The van der Waals surface area contributed by atoms with E-state index in [-0.39, 0.29) is 20.1 Å². The Labute approximate surface area is 232 Å². The average Bonchev–Trinajstić information content (AvgIpc) is 3.26. The van der Waals surface area contributed by atoms with Gasteiger partial charge in [0.05, 0.1) is 13.7 Å². The first-order valence-electron chi connectivity index (χ1n) is 11.9. The van der Waals surface area contributed by atoms with Crippen LogP contribution in [0.4, 0.5) is 0 Å². The van der Waals surface area contributed by atoms with Crippen molar-refractivity contribution in [1.29, 1.82) is 0 Å². The van der Waals surface area contributed by atoms with Gasteiger partial charge in [-0.1, -0.05) is 49.3 Å². The molecule has 0 amide bonds. The molecule has 187 valence electrons. The number of benzene rings is 2. The normalized spacial score (nSPS) is 11.0. The van der Waals surface area contributed by atoms with Gasteiger partial charge in [-0.25, -0.2) is 4.98 Å². The second kappa shape index (κ2) is 11.3. The number of rotatable bonds is 3. The maximum Gasteiger partial charge on any atom is 0.216 e. The molecule has 0 atom stereocenters. The first-order valence-corrected chi connectivity index (χ1v) is 15.4. The van der Waals surface area contributed by atoms with Crippen LogP contribution in [0, 0.1) is 19.1 Å². The van der Waals surface area contributed by atoms with E-state index in [0.29, 0.717) is 5.71 Å². The minimum atomic E-state index is -1.23. The van der Waals surface area contributed by atoms with E-state index < -0.39 is 8.07 Å². The smallest absolute Gasteiger partial charge is 0.216 e. The third-order valence-electron chi connectivity index (χ3n) is 5.96. The maximum atomic E-state index is 5.76. The molecule has 2 aromatic carbocycles. The van der Waals surface area contributed by atoms with Crippen molar-refractivity contribution >= 4 is 35.3 Å². The van der Waals surface area contributed by atoms with Crippen LogP contribution in [-0.4, -0.2) is 23.0 Å². The quantitative estimate of drug-likeness (QED) is 0.146. The van der Waals surface area contributed by atoms with E-state index in [1.165, 1.54) is 5.19 Å². The Morgan fingerprint density at radius 2 is 1.59 bits per heavy atom. The van der Waals surface area contributed by atoms with E-state index >= 15 is 0 Å². The van der Waals surface area contributed by atoms with Crippen LogP contribution in [0.5, 0.6) is 0 Å². The molecule has 0 aliphatic carbocycles. The van der Waals surface area contributed by atoms with Crippen molar-refractivity contribution in [3.63, 3.8) is 0 Å². The molecule has 6 rings (SSSR count). The van der Waals surface area contributed by atoms with Crippen LogP contribution in [0.1, 0.15) is 5.69 Å². The number of nitrogens with zero attached hydrogens (tertiary/aromatic N) is 3. The Kier molecular flexibility index (Phi) is 8.13. The van der Waals surface area contributed by atoms with Gasteiger partial charge in [-0.05, 0) is 41.7 Å². The fourth-order valence-electron chi connectivity index (χ4n) is 3.91. The number of hydrogen-bond donors (Lipinski definition) is 0. The molecule has 37 heavy (non-hydrogen) atoms. The Balaban J connectivity index is 0.000000173. The van der Waals surface area contributed by atoms with Crippen molar-refractivity contribution in [2.24, 2.45) is 0 Å². The molecule has 0 bridgehead atoms. The number of furan rings is 1. The molecular weight excluding hydrogens is 651 g/mol. The van der Waals surface area contributed by atoms with Crippen LogP contribution in [-0.2, 0) is 20.1 Å². The molecule has 0 spiro atoms. The summed E-state index contributed by atoms with van der Waals surface area (Å²) in [6.07, 6.45) is 3.80. The van der Waals surface area contributed by atoms with Crippen LogP contribution in [0.25, 0.3) is 44.6 Å². The fraction of sp³-hybridized carbons (Fsp3) is 0.129. The molecule has 1 radical (unpaired) electrons. The summed E-state index contributed by atoms with van der Waals surface area (Å²) in [5.41, 5.74) is 6.35. The van der Waals surface area contributed by atoms with E-state index in [2.05, 4.69) is 64.9 Å². The first kappa shape index (κ1) is 26.6. The van der Waals surface area contributed by atoms with Crippen LogP contribution in [0.3, 0.4) is 0 Å². The second-order valence-corrected chi connectivity index (χ2v) is 14.8. The van der Waals surface area contributed by atoms with Gasteiger partial charge < -0.3 is 14.4 Å². The second-order valence-electron chi connectivity index (χ2n) is 9.71. The summed E-state index contributed by atoms with van der Waals surface area (Å²) >= 11 is 0. The third kappa shape index (κ3) is 6.11. The standard InChI is InChI=1S/C17H11N2O.C14H16NSi.Ir/c1-11-5-7-13-14-10-12(15-4-2-3-9-18-15)6-8-16(14)20-17(13)19-11;1-16(2,3)13-9-10-14(15-11-13)12-7-5-4-6-8-12;/h2-5,7-10H,1H3;4-7,9-11H,1-3H3;/q2*-1;. The number of aromatic nitrogens is 3. The SMILES string of the molecule is C[Si](C)(C)c1ccc(-c2[c-]cccc2)nc1.Cc1ccc2c(n1)oc1c[c-]c(-c3ccccn3)cc12.[Ir]. The average molecular weight is 678 g/mol.